The largest absolute Gasteiger partial charge is 0.0984 e. The fraction of sp³-hybridized carbons (Fsp3) is 0.100. The van der Waals surface area contributed by atoms with Crippen molar-refractivity contribution in [1.29, 1.82) is 0 Å². The lowest BCUT2D eigenvalue weighted by atomic mass is 9.96. The molecule has 0 heteroatoms. The lowest BCUT2D eigenvalue weighted by molar-refractivity contribution is 0.954. The number of hydrogen-bond donors (Lipinski definition) is 0. The van der Waals surface area contributed by atoms with Gasteiger partial charge in [0.1, 0.15) is 0 Å². The van der Waals surface area contributed by atoms with E-state index in [1.165, 1.54) is 21.9 Å². The highest BCUT2D eigenvalue weighted by Gasteiger charge is 2.06. The Morgan fingerprint density at radius 2 is 1.25 bits per heavy atom. The van der Waals surface area contributed by atoms with E-state index in [0.717, 1.165) is 11.1 Å². The van der Waals surface area contributed by atoms with Crippen LogP contribution in [-0.4, -0.2) is 0 Å². The van der Waals surface area contributed by atoms with Crippen molar-refractivity contribution in [3.05, 3.63) is 71.8 Å². The first kappa shape index (κ1) is 12.7. The molecule has 3 rings (SSSR count). The molecule has 0 radical (unpaired) electrons. The quantitative estimate of drug-likeness (QED) is 0.638. The standard InChI is InChI=1S/C20H18/c1-4-15-10-19-12-17-8-6-14(3)7-9-18(17)13-20(19)11-16(15)5-2/h4-14H,1-2H2,3H3. The van der Waals surface area contributed by atoms with Crippen LogP contribution in [0.25, 0.3) is 35.1 Å². The zero-order valence-corrected chi connectivity index (χ0v) is 11.8. The highest BCUT2D eigenvalue weighted by Crippen LogP contribution is 2.28. The molecule has 0 fully saturated rings. The molecule has 0 aliphatic heterocycles. The number of allylic oxidation sites excluding steroid dienone is 2. The minimum atomic E-state index is 0.484. The molecule has 1 aliphatic rings. The maximum Gasteiger partial charge on any atom is -0.00752 e. The van der Waals surface area contributed by atoms with E-state index in [9.17, 15) is 0 Å². The second kappa shape index (κ2) is 4.97. The average Bonchev–Trinajstić information content (AvgIpc) is 2.65. The normalized spacial score (nSPS) is 14.1. The Balaban J connectivity index is 2.29. The SMILES string of the molecule is C=Cc1cc2cc3c(cc2cc1C=C)C=CC(C)C=C3. The highest BCUT2D eigenvalue weighted by atomic mass is 14.1. The molecule has 0 amide bonds. The molecular weight excluding hydrogens is 240 g/mol. The maximum atomic E-state index is 3.89. The molecule has 0 bridgehead atoms. The van der Waals surface area contributed by atoms with Crippen LogP contribution >= 0.6 is 0 Å². The predicted molar refractivity (Wildman–Crippen MR) is 91.4 cm³/mol. The van der Waals surface area contributed by atoms with Gasteiger partial charge >= 0.3 is 0 Å². The molecule has 98 valence electrons. The smallest absolute Gasteiger partial charge is 0.00752 e. The summed E-state index contributed by atoms with van der Waals surface area (Å²) >= 11 is 0. The van der Waals surface area contributed by atoms with Gasteiger partial charge in [0.05, 0.1) is 0 Å². The Labute approximate surface area is 120 Å². The first-order chi connectivity index (χ1) is 9.71. The third-order valence-electron chi connectivity index (χ3n) is 3.84. The van der Waals surface area contributed by atoms with Crippen LogP contribution < -0.4 is 0 Å². The van der Waals surface area contributed by atoms with Crippen molar-refractivity contribution in [2.75, 3.05) is 0 Å². The van der Waals surface area contributed by atoms with Crippen LogP contribution in [0.3, 0.4) is 0 Å². The van der Waals surface area contributed by atoms with Crippen molar-refractivity contribution in [2.24, 2.45) is 5.92 Å². The maximum absolute atomic E-state index is 3.89. The van der Waals surface area contributed by atoms with Crippen molar-refractivity contribution in [2.45, 2.75) is 6.92 Å². The second-order valence-corrected chi connectivity index (χ2v) is 5.29. The molecule has 0 N–H and O–H groups in total. The topological polar surface area (TPSA) is 0 Å². The minimum Gasteiger partial charge on any atom is -0.0984 e. The van der Waals surface area contributed by atoms with Gasteiger partial charge in [-0.05, 0) is 63.2 Å². The Hall–Kier alpha value is -2.34. The van der Waals surface area contributed by atoms with Gasteiger partial charge in [-0.2, -0.15) is 0 Å². The van der Waals surface area contributed by atoms with E-state index in [1.54, 1.807) is 0 Å². The van der Waals surface area contributed by atoms with Crippen molar-refractivity contribution in [3.8, 4) is 0 Å². The van der Waals surface area contributed by atoms with E-state index >= 15 is 0 Å². The van der Waals surface area contributed by atoms with Crippen molar-refractivity contribution >= 4 is 35.1 Å². The van der Waals surface area contributed by atoms with Crippen LogP contribution in [0.15, 0.2) is 49.6 Å². The molecule has 0 aromatic heterocycles. The van der Waals surface area contributed by atoms with E-state index in [-0.39, 0.29) is 0 Å². The van der Waals surface area contributed by atoms with Gasteiger partial charge in [0.15, 0.2) is 0 Å². The van der Waals surface area contributed by atoms with Crippen LogP contribution in [0, 0.1) is 5.92 Å². The highest BCUT2D eigenvalue weighted by molar-refractivity contribution is 5.92. The summed E-state index contributed by atoms with van der Waals surface area (Å²) in [5, 5.41) is 2.49. The molecule has 0 saturated carbocycles. The monoisotopic (exact) mass is 258 g/mol. The molecule has 2 aromatic rings. The molecule has 0 unspecified atom stereocenters. The number of fused-ring (bicyclic) bond motifs is 2. The Bertz CT molecular complexity index is 693. The molecule has 0 atom stereocenters. The van der Waals surface area contributed by atoms with Gasteiger partial charge in [-0.3, -0.25) is 0 Å². The summed E-state index contributed by atoms with van der Waals surface area (Å²) < 4.78 is 0. The molecular formula is C20H18. The predicted octanol–water partition coefficient (Wildman–Crippen LogP) is 5.80. The van der Waals surface area contributed by atoms with Crippen LogP contribution in [0.5, 0.6) is 0 Å². The van der Waals surface area contributed by atoms with Crippen LogP contribution in [-0.2, 0) is 0 Å². The fourth-order valence-electron chi connectivity index (χ4n) is 2.64. The van der Waals surface area contributed by atoms with Gasteiger partial charge in [-0.15, -0.1) is 0 Å². The third-order valence-corrected chi connectivity index (χ3v) is 3.84. The van der Waals surface area contributed by atoms with E-state index in [2.05, 4.69) is 68.7 Å². The molecule has 1 aliphatic carbocycles. The van der Waals surface area contributed by atoms with Crippen molar-refractivity contribution in [1.82, 2.24) is 0 Å². The fourth-order valence-corrected chi connectivity index (χ4v) is 2.64. The molecule has 0 spiro atoms. The number of benzene rings is 2. The Kier molecular flexibility index (Phi) is 3.15. The van der Waals surface area contributed by atoms with Crippen molar-refractivity contribution in [3.63, 3.8) is 0 Å². The molecule has 2 aromatic carbocycles. The zero-order valence-electron chi connectivity index (χ0n) is 11.8. The summed E-state index contributed by atoms with van der Waals surface area (Å²) in [6.45, 7) is 9.97. The molecule has 0 heterocycles. The van der Waals surface area contributed by atoms with Crippen LogP contribution in [0.2, 0.25) is 0 Å². The van der Waals surface area contributed by atoms with Gasteiger partial charge < -0.3 is 0 Å². The molecule has 0 saturated heterocycles. The van der Waals surface area contributed by atoms with E-state index in [4.69, 9.17) is 0 Å². The third kappa shape index (κ3) is 2.14. The summed E-state index contributed by atoms with van der Waals surface area (Å²) in [6, 6.07) is 8.88. The Morgan fingerprint density at radius 1 is 0.800 bits per heavy atom. The lowest BCUT2D eigenvalue weighted by Crippen LogP contribution is -1.86. The van der Waals surface area contributed by atoms with Gasteiger partial charge in [-0.1, -0.05) is 56.5 Å². The second-order valence-electron chi connectivity index (χ2n) is 5.29. The van der Waals surface area contributed by atoms with E-state index in [1.807, 2.05) is 12.2 Å². The molecule has 20 heavy (non-hydrogen) atoms. The van der Waals surface area contributed by atoms with E-state index in [0.29, 0.717) is 5.92 Å². The van der Waals surface area contributed by atoms with Gasteiger partial charge in [0, 0.05) is 0 Å². The summed E-state index contributed by atoms with van der Waals surface area (Å²) in [7, 11) is 0. The summed E-state index contributed by atoms with van der Waals surface area (Å²) in [5.74, 6) is 0.484. The van der Waals surface area contributed by atoms with Crippen molar-refractivity contribution < 1.29 is 0 Å². The van der Waals surface area contributed by atoms with Gasteiger partial charge in [0.25, 0.3) is 0 Å². The average molecular weight is 258 g/mol. The van der Waals surface area contributed by atoms with Crippen LogP contribution in [0.4, 0.5) is 0 Å². The summed E-state index contributed by atoms with van der Waals surface area (Å²) in [4.78, 5) is 0. The minimum absolute atomic E-state index is 0.484. The number of hydrogen-bond acceptors (Lipinski definition) is 0. The van der Waals surface area contributed by atoms with Gasteiger partial charge in [-0.25, -0.2) is 0 Å². The van der Waals surface area contributed by atoms with E-state index < -0.39 is 0 Å². The number of rotatable bonds is 2. The van der Waals surface area contributed by atoms with Gasteiger partial charge in [0.2, 0.25) is 0 Å². The molecule has 0 nitrogen and oxygen atoms in total. The summed E-state index contributed by atoms with van der Waals surface area (Å²) in [6.07, 6.45) is 12.7. The first-order valence-corrected chi connectivity index (χ1v) is 6.94. The zero-order chi connectivity index (χ0) is 14.1. The Morgan fingerprint density at radius 3 is 1.65 bits per heavy atom. The van der Waals surface area contributed by atoms with Crippen LogP contribution in [0.1, 0.15) is 29.2 Å². The lowest BCUT2D eigenvalue weighted by Gasteiger charge is -2.08. The summed E-state index contributed by atoms with van der Waals surface area (Å²) in [5.41, 5.74) is 4.82. The first-order valence-electron chi connectivity index (χ1n) is 6.94.